The molecule has 0 aliphatic rings. The zero-order chi connectivity index (χ0) is 18.1. The molecule has 0 saturated heterocycles. The SMILES string of the molecule is CCNC(=NCc1ccc(OCC(F)(F)F)cc1)NCc1ccco1. The molecule has 0 bridgehead atoms. The van der Waals surface area contributed by atoms with E-state index in [2.05, 4.69) is 20.4 Å². The molecule has 2 rings (SSSR count). The Balaban J connectivity index is 1.88. The van der Waals surface area contributed by atoms with Gasteiger partial charge in [-0.3, -0.25) is 0 Å². The van der Waals surface area contributed by atoms with E-state index >= 15 is 0 Å². The fourth-order valence-corrected chi connectivity index (χ4v) is 1.95. The van der Waals surface area contributed by atoms with Crippen molar-refractivity contribution < 1.29 is 22.3 Å². The van der Waals surface area contributed by atoms with Crippen LogP contribution in [-0.2, 0) is 13.1 Å². The highest BCUT2D eigenvalue weighted by Gasteiger charge is 2.28. The Kier molecular flexibility index (Phi) is 6.73. The molecule has 25 heavy (non-hydrogen) atoms. The summed E-state index contributed by atoms with van der Waals surface area (Å²) < 4.78 is 46.3. The second-order valence-electron chi connectivity index (χ2n) is 5.18. The summed E-state index contributed by atoms with van der Waals surface area (Å²) in [5.41, 5.74) is 0.856. The van der Waals surface area contributed by atoms with E-state index in [0.717, 1.165) is 11.3 Å². The molecule has 5 nitrogen and oxygen atoms in total. The number of aliphatic imine (C=N–C) groups is 1. The van der Waals surface area contributed by atoms with Gasteiger partial charge in [0, 0.05) is 6.54 Å². The van der Waals surface area contributed by atoms with E-state index in [9.17, 15) is 13.2 Å². The van der Waals surface area contributed by atoms with Crippen molar-refractivity contribution in [3.8, 4) is 5.75 Å². The van der Waals surface area contributed by atoms with E-state index in [4.69, 9.17) is 4.42 Å². The topological polar surface area (TPSA) is 58.8 Å². The zero-order valence-electron chi connectivity index (χ0n) is 13.8. The van der Waals surface area contributed by atoms with Crippen LogP contribution in [0.25, 0.3) is 0 Å². The molecule has 0 saturated carbocycles. The van der Waals surface area contributed by atoms with Crippen LogP contribution in [0.5, 0.6) is 5.75 Å². The average Bonchev–Trinajstić information content (AvgIpc) is 3.09. The average molecular weight is 355 g/mol. The van der Waals surface area contributed by atoms with Crippen molar-refractivity contribution in [2.24, 2.45) is 4.99 Å². The molecule has 0 fully saturated rings. The lowest BCUT2D eigenvalue weighted by molar-refractivity contribution is -0.153. The molecule has 1 heterocycles. The highest BCUT2D eigenvalue weighted by Crippen LogP contribution is 2.19. The van der Waals surface area contributed by atoms with Crippen molar-refractivity contribution in [2.45, 2.75) is 26.2 Å². The Morgan fingerprint density at radius 3 is 2.52 bits per heavy atom. The summed E-state index contributed by atoms with van der Waals surface area (Å²) in [6.07, 6.45) is -2.74. The Morgan fingerprint density at radius 1 is 1.16 bits per heavy atom. The summed E-state index contributed by atoms with van der Waals surface area (Å²) in [6.45, 7) is 2.24. The molecule has 0 unspecified atom stereocenters. The lowest BCUT2D eigenvalue weighted by Crippen LogP contribution is -2.36. The second-order valence-corrected chi connectivity index (χ2v) is 5.18. The summed E-state index contributed by atoms with van der Waals surface area (Å²) in [5, 5.41) is 6.25. The summed E-state index contributed by atoms with van der Waals surface area (Å²) in [4.78, 5) is 4.43. The lowest BCUT2D eigenvalue weighted by Gasteiger charge is -2.11. The lowest BCUT2D eigenvalue weighted by atomic mass is 10.2. The third-order valence-electron chi connectivity index (χ3n) is 3.10. The predicted molar refractivity (Wildman–Crippen MR) is 88.4 cm³/mol. The molecular weight excluding hydrogens is 335 g/mol. The van der Waals surface area contributed by atoms with Gasteiger partial charge in [-0.2, -0.15) is 13.2 Å². The van der Waals surface area contributed by atoms with Crippen molar-refractivity contribution in [3.05, 3.63) is 54.0 Å². The summed E-state index contributed by atoms with van der Waals surface area (Å²) in [5.74, 6) is 1.58. The molecule has 0 spiro atoms. The van der Waals surface area contributed by atoms with Gasteiger partial charge in [-0.25, -0.2) is 4.99 Å². The largest absolute Gasteiger partial charge is 0.484 e. The highest BCUT2D eigenvalue weighted by molar-refractivity contribution is 5.79. The van der Waals surface area contributed by atoms with Crippen LogP contribution in [0, 0.1) is 0 Å². The van der Waals surface area contributed by atoms with Gasteiger partial charge in [-0.15, -0.1) is 0 Å². The van der Waals surface area contributed by atoms with Gasteiger partial charge in [0.1, 0.15) is 11.5 Å². The molecule has 1 aromatic carbocycles. The monoisotopic (exact) mass is 355 g/mol. The first-order valence-corrected chi connectivity index (χ1v) is 7.79. The molecule has 0 aliphatic heterocycles. The number of nitrogens with one attached hydrogen (secondary N) is 2. The number of alkyl halides is 3. The molecule has 136 valence electrons. The zero-order valence-corrected chi connectivity index (χ0v) is 13.8. The summed E-state index contributed by atoms with van der Waals surface area (Å²) in [7, 11) is 0. The Bertz CT molecular complexity index is 653. The number of guanidine groups is 1. The maximum Gasteiger partial charge on any atom is 0.422 e. The van der Waals surface area contributed by atoms with E-state index in [1.54, 1.807) is 18.4 Å². The number of nitrogens with zero attached hydrogens (tertiary/aromatic N) is 1. The van der Waals surface area contributed by atoms with Crippen molar-refractivity contribution in [2.75, 3.05) is 13.2 Å². The second kappa shape index (κ2) is 9.00. The van der Waals surface area contributed by atoms with E-state index < -0.39 is 12.8 Å². The van der Waals surface area contributed by atoms with Crippen LogP contribution < -0.4 is 15.4 Å². The predicted octanol–water partition coefficient (Wildman–Crippen LogP) is 3.48. The van der Waals surface area contributed by atoms with Crippen LogP contribution in [-0.4, -0.2) is 25.3 Å². The van der Waals surface area contributed by atoms with Crippen molar-refractivity contribution in [1.29, 1.82) is 0 Å². The highest BCUT2D eigenvalue weighted by atomic mass is 19.4. The minimum atomic E-state index is -4.34. The van der Waals surface area contributed by atoms with Crippen LogP contribution in [0.4, 0.5) is 13.2 Å². The molecule has 0 atom stereocenters. The number of ether oxygens (including phenoxy) is 1. The number of rotatable bonds is 7. The van der Waals surface area contributed by atoms with Crippen molar-refractivity contribution >= 4 is 5.96 Å². The number of hydrogen-bond donors (Lipinski definition) is 2. The smallest absolute Gasteiger partial charge is 0.422 e. The molecule has 2 N–H and O–H groups in total. The minimum absolute atomic E-state index is 0.174. The van der Waals surface area contributed by atoms with Crippen LogP contribution in [0.2, 0.25) is 0 Å². The number of hydrogen-bond acceptors (Lipinski definition) is 3. The molecule has 8 heteroatoms. The molecule has 0 aliphatic carbocycles. The van der Waals surface area contributed by atoms with Crippen LogP contribution in [0.3, 0.4) is 0 Å². The molecule has 2 aromatic rings. The van der Waals surface area contributed by atoms with Crippen LogP contribution >= 0.6 is 0 Å². The van der Waals surface area contributed by atoms with Gasteiger partial charge in [0.15, 0.2) is 12.6 Å². The fraction of sp³-hybridized carbons (Fsp3) is 0.353. The van der Waals surface area contributed by atoms with Crippen LogP contribution in [0.1, 0.15) is 18.2 Å². The van der Waals surface area contributed by atoms with Gasteiger partial charge in [0.05, 0.1) is 19.4 Å². The van der Waals surface area contributed by atoms with E-state index in [-0.39, 0.29) is 5.75 Å². The number of halogens is 3. The molecule has 0 amide bonds. The number of furan rings is 1. The first kappa shape index (κ1) is 18.7. The van der Waals surface area contributed by atoms with Gasteiger partial charge in [-0.05, 0) is 36.8 Å². The standard InChI is InChI=1S/C17H20F3N3O2/c1-2-21-16(23-11-15-4-3-9-24-15)22-10-13-5-7-14(8-6-13)25-12-17(18,19)20/h3-9H,2,10-12H2,1H3,(H2,21,22,23). The van der Waals surface area contributed by atoms with Crippen molar-refractivity contribution in [3.63, 3.8) is 0 Å². The maximum atomic E-state index is 12.1. The van der Waals surface area contributed by atoms with Crippen molar-refractivity contribution in [1.82, 2.24) is 10.6 Å². The van der Waals surface area contributed by atoms with Gasteiger partial charge in [-0.1, -0.05) is 12.1 Å². The van der Waals surface area contributed by atoms with Gasteiger partial charge in [0.25, 0.3) is 0 Å². The van der Waals surface area contributed by atoms with E-state index in [1.165, 1.54) is 12.1 Å². The fourth-order valence-electron chi connectivity index (χ4n) is 1.95. The van der Waals surface area contributed by atoms with E-state index in [0.29, 0.717) is 25.6 Å². The third kappa shape index (κ3) is 7.19. The maximum absolute atomic E-state index is 12.1. The van der Waals surface area contributed by atoms with E-state index in [1.807, 2.05) is 19.1 Å². The molecular formula is C17H20F3N3O2. The number of benzene rings is 1. The van der Waals surface area contributed by atoms with Gasteiger partial charge in [0.2, 0.25) is 0 Å². The third-order valence-corrected chi connectivity index (χ3v) is 3.10. The quantitative estimate of drug-likeness (QED) is 0.590. The van der Waals surface area contributed by atoms with Gasteiger partial charge < -0.3 is 19.8 Å². The summed E-state index contributed by atoms with van der Waals surface area (Å²) in [6, 6.07) is 10.0. The molecule has 1 aromatic heterocycles. The Hall–Kier alpha value is -2.64. The Labute approximate surface area is 143 Å². The minimum Gasteiger partial charge on any atom is -0.484 e. The first-order chi connectivity index (χ1) is 12.0. The summed E-state index contributed by atoms with van der Waals surface area (Å²) >= 11 is 0. The first-order valence-electron chi connectivity index (χ1n) is 7.79. The normalized spacial score (nSPS) is 12.1. The van der Waals surface area contributed by atoms with Crippen LogP contribution in [0.15, 0.2) is 52.1 Å². The van der Waals surface area contributed by atoms with Gasteiger partial charge >= 0.3 is 6.18 Å². The Morgan fingerprint density at radius 2 is 1.92 bits per heavy atom. The molecule has 0 radical (unpaired) electrons.